The number of hydrogen-bond donors (Lipinski definition) is 0. The molecule has 0 N–H and O–H groups in total. The fourth-order valence-electron chi connectivity index (χ4n) is 1.93. The summed E-state index contributed by atoms with van der Waals surface area (Å²) in [5, 5.41) is 0. The van der Waals surface area contributed by atoms with Crippen LogP contribution in [-0.2, 0) is 12.3 Å². The Morgan fingerprint density at radius 1 is 1.00 bits per heavy atom. The van der Waals surface area contributed by atoms with Crippen LogP contribution in [0.5, 0.6) is 11.5 Å². The van der Waals surface area contributed by atoms with Crippen molar-refractivity contribution in [3.8, 4) is 11.5 Å². The van der Waals surface area contributed by atoms with Gasteiger partial charge in [0, 0.05) is 5.56 Å². The molecule has 0 amide bonds. The molecule has 0 bridgehead atoms. The number of ether oxygens (including phenoxy) is 1. The molecule has 0 unspecified atom stereocenters. The minimum atomic E-state index is 0.464. The molecule has 94 valence electrons. The number of rotatable bonds is 4. The molecule has 0 spiro atoms. The standard InChI is InChI=1S/C16H17ClO/c1-3-13-6-4-5-7-15(13)18-16-9-8-12(2)10-14(16)11-17/h4-10H,3,11H2,1-2H3. The predicted molar refractivity (Wildman–Crippen MR) is 76.6 cm³/mol. The van der Waals surface area contributed by atoms with Crippen molar-refractivity contribution in [1.82, 2.24) is 0 Å². The quantitative estimate of drug-likeness (QED) is 0.696. The Kier molecular flexibility index (Phi) is 4.27. The second-order valence-electron chi connectivity index (χ2n) is 4.31. The zero-order valence-electron chi connectivity index (χ0n) is 10.7. The molecule has 2 aromatic rings. The normalized spacial score (nSPS) is 10.4. The predicted octanol–water partition coefficient (Wildman–Crippen LogP) is 5.09. The van der Waals surface area contributed by atoms with Gasteiger partial charge in [0.2, 0.25) is 0 Å². The van der Waals surface area contributed by atoms with Crippen molar-refractivity contribution in [2.45, 2.75) is 26.1 Å². The molecule has 2 heteroatoms. The first-order chi connectivity index (χ1) is 8.74. The molecule has 0 saturated carbocycles. The van der Waals surface area contributed by atoms with Crippen LogP contribution in [-0.4, -0.2) is 0 Å². The first-order valence-electron chi connectivity index (χ1n) is 6.16. The van der Waals surface area contributed by atoms with Crippen molar-refractivity contribution in [2.24, 2.45) is 0 Å². The highest BCUT2D eigenvalue weighted by atomic mass is 35.5. The number of alkyl halides is 1. The van der Waals surface area contributed by atoms with Gasteiger partial charge in [0.05, 0.1) is 5.88 Å². The Balaban J connectivity index is 2.33. The van der Waals surface area contributed by atoms with E-state index in [1.54, 1.807) is 0 Å². The van der Waals surface area contributed by atoms with Crippen LogP contribution >= 0.6 is 11.6 Å². The van der Waals surface area contributed by atoms with E-state index in [1.165, 1.54) is 11.1 Å². The molecule has 0 aliphatic heterocycles. The van der Waals surface area contributed by atoms with Crippen LogP contribution < -0.4 is 4.74 Å². The van der Waals surface area contributed by atoms with Gasteiger partial charge in [0.25, 0.3) is 0 Å². The number of hydrogen-bond acceptors (Lipinski definition) is 1. The average Bonchev–Trinajstić information content (AvgIpc) is 2.41. The summed E-state index contributed by atoms with van der Waals surface area (Å²) < 4.78 is 5.99. The molecule has 2 aromatic carbocycles. The highest BCUT2D eigenvalue weighted by Gasteiger charge is 2.07. The van der Waals surface area contributed by atoms with Crippen molar-refractivity contribution >= 4 is 11.6 Å². The van der Waals surface area contributed by atoms with Gasteiger partial charge in [-0.05, 0) is 31.0 Å². The molecular weight excluding hydrogens is 244 g/mol. The van der Waals surface area contributed by atoms with Gasteiger partial charge in [0.1, 0.15) is 11.5 Å². The number of benzene rings is 2. The Morgan fingerprint density at radius 3 is 2.44 bits per heavy atom. The Hall–Kier alpha value is -1.47. The first kappa shape index (κ1) is 13.0. The van der Waals surface area contributed by atoms with Gasteiger partial charge in [0.15, 0.2) is 0 Å². The largest absolute Gasteiger partial charge is 0.457 e. The van der Waals surface area contributed by atoms with Crippen molar-refractivity contribution < 1.29 is 4.74 Å². The molecule has 0 atom stereocenters. The summed E-state index contributed by atoms with van der Waals surface area (Å²) >= 11 is 5.96. The fourth-order valence-corrected chi connectivity index (χ4v) is 2.14. The van der Waals surface area contributed by atoms with Crippen LogP contribution in [0.3, 0.4) is 0 Å². The smallest absolute Gasteiger partial charge is 0.131 e. The highest BCUT2D eigenvalue weighted by Crippen LogP contribution is 2.29. The van der Waals surface area contributed by atoms with Crippen LogP contribution in [0, 0.1) is 6.92 Å². The molecule has 2 rings (SSSR count). The van der Waals surface area contributed by atoms with Crippen LogP contribution in [0.4, 0.5) is 0 Å². The molecule has 0 saturated heterocycles. The van der Waals surface area contributed by atoms with Crippen LogP contribution in [0.1, 0.15) is 23.6 Å². The van der Waals surface area contributed by atoms with Gasteiger partial charge in [-0.15, -0.1) is 11.6 Å². The van der Waals surface area contributed by atoms with Crippen LogP contribution in [0.15, 0.2) is 42.5 Å². The third kappa shape index (κ3) is 2.85. The van der Waals surface area contributed by atoms with Gasteiger partial charge in [-0.25, -0.2) is 0 Å². The Labute approximate surface area is 113 Å². The summed E-state index contributed by atoms with van der Waals surface area (Å²) in [6.45, 7) is 4.18. The number of para-hydroxylation sites is 1. The third-order valence-corrected chi connectivity index (χ3v) is 3.22. The number of halogens is 1. The minimum Gasteiger partial charge on any atom is -0.457 e. The lowest BCUT2D eigenvalue weighted by molar-refractivity contribution is 0.472. The van der Waals surface area contributed by atoms with E-state index < -0.39 is 0 Å². The Bertz CT molecular complexity index is 534. The molecule has 0 heterocycles. The zero-order chi connectivity index (χ0) is 13.0. The molecule has 0 aliphatic rings. The molecule has 0 aliphatic carbocycles. The summed E-state index contributed by atoms with van der Waals surface area (Å²) in [6, 6.07) is 14.2. The maximum Gasteiger partial charge on any atom is 0.131 e. The summed E-state index contributed by atoms with van der Waals surface area (Å²) in [5.41, 5.74) is 3.43. The SMILES string of the molecule is CCc1ccccc1Oc1ccc(C)cc1CCl. The van der Waals surface area contributed by atoms with Gasteiger partial charge in [-0.1, -0.05) is 42.8 Å². The van der Waals surface area contributed by atoms with E-state index in [0.717, 1.165) is 23.5 Å². The van der Waals surface area contributed by atoms with Crippen molar-refractivity contribution in [1.29, 1.82) is 0 Å². The van der Waals surface area contributed by atoms with Crippen molar-refractivity contribution in [3.05, 3.63) is 59.2 Å². The third-order valence-electron chi connectivity index (χ3n) is 2.93. The second kappa shape index (κ2) is 5.92. The van der Waals surface area contributed by atoms with E-state index in [0.29, 0.717) is 5.88 Å². The zero-order valence-corrected chi connectivity index (χ0v) is 11.5. The topological polar surface area (TPSA) is 9.23 Å². The van der Waals surface area contributed by atoms with Gasteiger partial charge in [-0.3, -0.25) is 0 Å². The highest BCUT2D eigenvalue weighted by molar-refractivity contribution is 6.17. The van der Waals surface area contributed by atoms with Crippen LogP contribution in [0.2, 0.25) is 0 Å². The molecule has 18 heavy (non-hydrogen) atoms. The van der Waals surface area contributed by atoms with E-state index in [2.05, 4.69) is 26.0 Å². The molecule has 0 aromatic heterocycles. The summed E-state index contributed by atoms with van der Waals surface area (Å²) in [7, 11) is 0. The molecule has 0 radical (unpaired) electrons. The summed E-state index contributed by atoms with van der Waals surface area (Å²) in [4.78, 5) is 0. The van der Waals surface area contributed by atoms with Crippen molar-refractivity contribution in [3.63, 3.8) is 0 Å². The van der Waals surface area contributed by atoms with E-state index >= 15 is 0 Å². The average molecular weight is 261 g/mol. The van der Waals surface area contributed by atoms with E-state index in [9.17, 15) is 0 Å². The first-order valence-corrected chi connectivity index (χ1v) is 6.69. The van der Waals surface area contributed by atoms with Gasteiger partial charge >= 0.3 is 0 Å². The fraction of sp³-hybridized carbons (Fsp3) is 0.250. The van der Waals surface area contributed by atoms with E-state index in [4.69, 9.17) is 16.3 Å². The molecular formula is C16H17ClO. The lowest BCUT2D eigenvalue weighted by Crippen LogP contribution is -1.93. The second-order valence-corrected chi connectivity index (χ2v) is 4.58. The molecule has 1 nitrogen and oxygen atoms in total. The summed E-state index contributed by atoms with van der Waals surface area (Å²) in [5.74, 6) is 2.22. The minimum absolute atomic E-state index is 0.464. The van der Waals surface area contributed by atoms with E-state index in [-0.39, 0.29) is 0 Å². The maximum absolute atomic E-state index is 5.99. The Morgan fingerprint density at radius 2 is 1.72 bits per heavy atom. The number of aryl methyl sites for hydroxylation is 2. The van der Waals surface area contributed by atoms with E-state index in [1.807, 2.05) is 30.3 Å². The lowest BCUT2D eigenvalue weighted by Gasteiger charge is -2.13. The summed E-state index contributed by atoms with van der Waals surface area (Å²) in [6.07, 6.45) is 0.957. The lowest BCUT2D eigenvalue weighted by atomic mass is 10.1. The maximum atomic E-state index is 5.99. The van der Waals surface area contributed by atoms with Crippen LogP contribution in [0.25, 0.3) is 0 Å². The van der Waals surface area contributed by atoms with Gasteiger partial charge in [-0.2, -0.15) is 0 Å². The molecule has 0 fully saturated rings. The van der Waals surface area contributed by atoms with Crippen molar-refractivity contribution in [2.75, 3.05) is 0 Å². The van der Waals surface area contributed by atoms with Gasteiger partial charge < -0.3 is 4.74 Å². The monoisotopic (exact) mass is 260 g/mol.